The summed E-state index contributed by atoms with van der Waals surface area (Å²) in [5.74, 6) is 0. The first-order chi connectivity index (χ1) is 8.13. The molecule has 4 heteroatoms. The minimum absolute atomic E-state index is 0.519. The molecule has 0 aliphatic rings. The average Bonchev–Trinajstić information content (AvgIpc) is 2.65. The molecular weight excluding hydrogens is 279 g/mol. The van der Waals surface area contributed by atoms with Crippen LogP contribution in [-0.2, 0) is 6.42 Å². The third kappa shape index (κ3) is 2.62. The molecule has 89 valence electrons. The molecule has 0 aliphatic heterocycles. The van der Waals surface area contributed by atoms with E-state index in [1.807, 2.05) is 0 Å². The van der Waals surface area contributed by atoms with E-state index in [0.29, 0.717) is 15.1 Å². The Hall–Kier alpha value is -0.630. The molecule has 0 aliphatic carbocycles. The molecule has 0 saturated carbocycles. The van der Waals surface area contributed by atoms with Gasteiger partial charge in [0.15, 0.2) is 0 Å². The summed E-state index contributed by atoms with van der Waals surface area (Å²) in [5.41, 5.74) is 2.71. The molecule has 0 N–H and O–H groups in total. The maximum Gasteiger partial charge on any atom is 0.0984 e. The summed E-state index contributed by atoms with van der Waals surface area (Å²) >= 11 is 18.2. The lowest BCUT2D eigenvalue weighted by atomic mass is 10.0. The highest BCUT2D eigenvalue weighted by Gasteiger charge is 2.15. The Morgan fingerprint density at radius 3 is 2.29 bits per heavy atom. The normalized spacial score (nSPS) is 10.8. The van der Waals surface area contributed by atoms with Gasteiger partial charge in [-0.3, -0.25) is 0 Å². The molecule has 0 bridgehead atoms. The van der Waals surface area contributed by atoms with Crippen LogP contribution in [0, 0.1) is 6.92 Å². The van der Waals surface area contributed by atoms with Gasteiger partial charge in [-0.2, -0.15) is 0 Å². The summed E-state index contributed by atoms with van der Waals surface area (Å²) in [6.45, 7) is 3.83. The molecule has 0 spiro atoms. The zero-order valence-electron chi connectivity index (χ0n) is 8.97. The number of hydrogen-bond donors (Lipinski definition) is 0. The zero-order chi connectivity index (χ0) is 12.4. The Bertz CT molecular complexity index is 508. The van der Waals surface area contributed by atoms with Crippen molar-refractivity contribution in [3.63, 3.8) is 0 Å². The first-order valence-corrected chi connectivity index (χ1v) is 6.26. The van der Waals surface area contributed by atoms with Crippen LogP contribution in [0.25, 0.3) is 11.1 Å². The lowest BCUT2D eigenvalue weighted by Gasteiger charge is -2.07. The largest absolute Gasteiger partial charge is 0.472 e. The Labute approximate surface area is 115 Å². The SMILES string of the molecule is [CH2]CCc1cocc1-c1c(Cl)cc(Cl)cc1Cl. The quantitative estimate of drug-likeness (QED) is 0.709. The predicted molar refractivity (Wildman–Crippen MR) is 72.9 cm³/mol. The van der Waals surface area contributed by atoms with Gasteiger partial charge >= 0.3 is 0 Å². The van der Waals surface area contributed by atoms with Crippen LogP contribution >= 0.6 is 34.8 Å². The van der Waals surface area contributed by atoms with Gasteiger partial charge in [-0.15, -0.1) is 0 Å². The van der Waals surface area contributed by atoms with Crippen molar-refractivity contribution in [2.45, 2.75) is 12.8 Å². The summed E-state index contributed by atoms with van der Waals surface area (Å²) in [4.78, 5) is 0. The Balaban J connectivity index is 2.56. The molecule has 2 aromatic rings. The Morgan fingerprint density at radius 2 is 1.71 bits per heavy atom. The number of benzene rings is 1. The van der Waals surface area contributed by atoms with Crippen molar-refractivity contribution < 1.29 is 4.42 Å². The van der Waals surface area contributed by atoms with Gasteiger partial charge in [0, 0.05) is 16.1 Å². The van der Waals surface area contributed by atoms with Crippen LogP contribution in [-0.4, -0.2) is 0 Å². The zero-order valence-corrected chi connectivity index (χ0v) is 11.2. The second kappa shape index (κ2) is 5.34. The van der Waals surface area contributed by atoms with E-state index in [0.717, 1.165) is 29.5 Å². The second-order valence-electron chi connectivity index (χ2n) is 3.66. The van der Waals surface area contributed by atoms with E-state index in [1.165, 1.54) is 0 Å². The number of aryl methyl sites for hydroxylation is 1. The van der Waals surface area contributed by atoms with Crippen LogP contribution in [0.4, 0.5) is 0 Å². The van der Waals surface area contributed by atoms with Gasteiger partial charge < -0.3 is 4.42 Å². The van der Waals surface area contributed by atoms with E-state index in [9.17, 15) is 0 Å². The molecule has 1 heterocycles. The topological polar surface area (TPSA) is 13.1 Å². The fourth-order valence-electron chi connectivity index (χ4n) is 1.73. The van der Waals surface area contributed by atoms with E-state index in [4.69, 9.17) is 39.2 Å². The van der Waals surface area contributed by atoms with Gasteiger partial charge in [-0.1, -0.05) is 41.7 Å². The number of furan rings is 1. The summed E-state index contributed by atoms with van der Waals surface area (Å²) in [5, 5.41) is 1.56. The van der Waals surface area contributed by atoms with E-state index in [-0.39, 0.29) is 0 Å². The van der Waals surface area contributed by atoms with Crippen LogP contribution in [0.2, 0.25) is 15.1 Å². The Kier molecular flexibility index (Phi) is 4.03. The molecule has 1 nitrogen and oxygen atoms in total. The van der Waals surface area contributed by atoms with Crippen LogP contribution < -0.4 is 0 Å². The van der Waals surface area contributed by atoms with Crippen molar-refractivity contribution in [2.75, 3.05) is 0 Å². The van der Waals surface area contributed by atoms with Gasteiger partial charge in [-0.05, 0) is 30.5 Å². The summed E-state index contributed by atoms with van der Waals surface area (Å²) in [7, 11) is 0. The number of halogens is 3. The van der Waals surface area contributed by atoms with Crippen LogP contribution in [0.15, 0.2) is 29.1 Å². The molecule has 1 aromatic heterocycles. The monoisotopic (exact) mass is 287 g/mol. The highest BCUT2D eigenvalue weighted by molar-refractivity contribution is 6.41. The fraction of sp³-hybridized carbons (Fsp3) is 0.154. The van der Waals surface area contributed by atoms with Gasteiger partial charge in [0.05, 0.1) is 22.6 Å². The van der Waals surface area contributed by atoms with Gasteiger partial charge in [0.1, 0.15) is 0 Å². The predicted octanol–water partition coefficient (Wildman–Crippen LogP) is 5.67. The van der Waals surface area contributed by atoms with Gasteiger partial charge in [0.2, 0.25) is 0 Å². The van der Waals surface area contributed by atoms with Crippen molar-refractivity contribution in [3.05, 3.63) is 52.2 Å². The van der Waals surface area contributed by atoms with Crippen LogP contribution in [0.5, 0.6) is 0 Å². The molecule has 2 rings (SSSR count). The van der Waals surface area contributed by atoms with Crippen molar-refractivity contribution >= 4 is 34.8 Å². The molecule has 0 atom stereocenters. The molecule has 0 unspecified atom stereocenters. The van der Waals surface area contributed by atoms with Crippen LogP contribution in [0.3, 0.4) is 0 Å². The van der Waals surface area contributed by atoms with Gasteiger partial charge in [-0.25, -0.2) is 0 Å². The van der Waals surface area contributed by atoms with E-state index >= 15 is 0 Å². The van der Waals surface area contributed by atoms with Crippen molar-refractivity contribution in [1.82, 2.24) is 0 Å². The molecule has 17 heavy (non-hydrogen) atoms. The molecule has 0 saturated heterocycles. The van der Waals surface area contributed by atoms with Crippen LogP contribution in [0.1, 0.15) is 12.0 Å². The molecular formula is C13H10Cl3O. The lowest BCUT2D eigenvalue weighted by molar-refractivity contribution is 0.564. The van der Waals surface area contributed by atoms with Crippen molar-refractivity contribution in [3.8, 4) is 11.1 Å². The summed E-state index contributed by atoms with van der Waals surface area (Å²) in [6, 6.07) is 3.34. The fourth-order valence-corrected chi connectivity index (χ4v) is 2.75. The smallest absolute Gasteiger partial charge is 0.0984 e. The highest BCUT2D eigenvalue weighted by Crippen LogP contribution is 2.39. The second-order valence-corrected chi connectivity index (χ2v) is 4.91. The molecule has 1 radical (unpaired) electrons. The summed E-state index contributed by atoms with van der Waals surface area (Å²) < 4.78 is 5.21. The van der Waals surface area contributed by atoms with E-state index in [2.05, 4.69) is 6.92 Å². The van der Waals surface area contributed by atoms with E-state index in [1.54, 1.807) is 24.7 Å². The minimum Gasteiger partial charge on any atom is -0.472 e. The summed E-state index contributed by atoms with van der Waals surface area (Å²) in [6.07, 6.45) is 4.95. The lowest BCUT2D eigenvalue weighted by Crippen LogP contribution is -1.87. The highest BCUT2D eigenvalue weighted by atomic mass is 35.5. The van der Waals surface area contributed by atoms with Crippen molar-refractivity contribution in [2.24, 2.45) is 0 Å². The maximum absolute atomic E-state index is 6.17. The third-order valence-corrected chi connectivity index (χ3v) is 3.28. The molecule has 0 amide bonds. The number of hydrogen-bond acceptors (Lipinski definition) is 1. The molecule has 1 aromatic carbocycles. The maximum atomic E-state index is 6.17. The Morgan fingerprint density at radius 1 is 1.06 bits per heavy atom. The first-order valence-electron chi connectivity index (χ1n) is 5.12. The molecule has 0 fully saturated rings. The van der Waals surface area contributed by atoms with Crippen molar-refractivity contribution in [1.29, 1.82) is 0 Å². The minimum atomic E-state index is 0.519. The average molecular weight is 289 g/mol. The van der Waals surface area contributed by atoms with Gasteiger partial charge in [0.25, 0.3) is 0 Å². The number of rotatable bonds is 3. The first kappa shape index (κ1) is 12.8. The third-order valence-electron chi connectivity index (χ3n) is 2.46. The van der Waals surface area contributed by atoms with E-state index < -0.39 is 0 Å². The standard InChI is InChI=1S/C13H10Cl3O/c1-2-3-8-6-17-7-10(8)13-11(15)4-9(14)5-12(13)16/h4-7H,1-3H2.